The van der Waals surface area contributed by atoms with Gasteiger partial charge >= 0.3 is 0 Å². The first kappa shape index (κ1) is 17.5. The fourth-order valence-corrected chi connectivity index (χ4v) is 3.69. The molecule has 0 saturated carbocycles. The minimum atomic E-state index is -0.0603. The molecule has 138 valence electrons. The van der Waals surface area contributed by atoms with Crippen LogP contribution in [0.5, 0.6) is 0 Å². The Morgan fingerprint density at radius 2 is 1.96 bits per heavy atom. The van der Waals surface area contributed by atoms with Gasteiger partial charge in [-0.15, -0.1) is 0 Å². The molecule has 1 unspecified atom stereocenters. The molecule has 2 heterocycles. The van der Waals surface area contributed by atoms with Crippen molar-refractivity contribution in [3.8, 4) is 11.1 Å². The minimum absolute atomic E-state index is 0.0319. The van der Waals surface area contributed by atoms with Crippen LogP contribution in [0.2, 0.25) is 0 Å². The molecule has 3 aromatic rings. The number of likely N-dealkylation sites (N-methyl/N-ethyl adjacent to an activating group) is 2. The van der Waals surface area contributed by atoms with Gasteiger partial charge in [-0.1, -0.05) is 18.2 Å². The van der Waals surface area contributed by atoms with Gasteiger partial charge in [0.1, 0.15) is 5.58 Å². The smallest absolute Gasteiger partial charge is 0.253 e. The van der Waals surface area contributed by atoms with E-state index in [2.05, 4.69) is 11.9 Å². The van der Waals surface area contributed by atoms with Crippen LogP contribution in [0.4, 0.5) is 0 Å². The van der Waals surface area contributed by atoms with Gasteiger partial charge in [0.2, 0.25) is 0 Å². The monoisotopic (exact) mass is 362 g/mol. The summed E-state index contributed by atoms with van der Waals surface area (Å²) in [5, 5.41) is 0.554. The van der Waals surface area contributed by atoms with Crippen LogP contribution in [0.3, 0.4) is 0 Å². The highest BCUT2D eigenvalue weighted by Gasteiger charge is 2.27. The fourth-order valence-electron chi connectivity index (χ4n) is 3.69. The van der Waals surface area contributed by atoms with Crippen molar-refractivity contribution in [3.63, 3.8) is 0 Å². The maximum atomic E-state index is 12.9. The number of fused-ring (bicyclic) bond motifs is 1. The number of carbonyl (C=O) groups is 1. The molecule has 5 nitrogen and oxygen atoms in total. The van der Waals surface area contributed by atoms with Crippen LogP contribution in [-0.4, -0.2) is 48.9 Å². The molecule has 1 aliphatic heterocycles. The number of benzene rings is 2. The summed E-state index contributed by atoms with van der Waals surface area (Å²) in [7, 11) is 3.96. The van der Waals surface area contributed by atoms with Gasteiger partial charge in [-0.3, -0.25) is 9.59 Å². The number of nitrogens with zero attached hydrogens (tertiary/aromatic N) is 2. The Morgan fingerprint density at radius 1 is 1.15 bits per heavy atom. The zero-order valence-corrected chi connectivity index (χ0v) is 15.5. The zero-order chi connectivity index (χ0) is 19.0. The second-order valence-corrected chi connectivity index (χ2v) is 7.20. The normalized spacial score (nSPS) is 17.3. The van der Waals surface area contributed by atoms with E-state index in [1.807, 2.05) is 48.3 Å². The molecule has 1 atom stereocenters. The van der Waals surface area contributed by atoms with Crippen LogP contribution < -0.4 is 5.43 Å². The summed E-state index contributed by atoms with van der Waals surface area (Å²) in [5.41, 5.74) is 2.98. The van der Waals surface area contributed by atoms with Gasteiger partial charge in [-0.25, -0.2) is 0 Å². The van der Waals surface area contributed by atoms with E-state index < -0.39 is 0 Å². The van der Waals surface area contributed by atoms with E-state index in [1.165, 1.54) is 12.3 Å². The Balaban J connectivity index is 1.64. The fraction of sp³-hybridized carbons (Fsp3) is 0.273. The molecule has 0 aliphatic carbocycles. The third-order valence-electron chi connectivity index (χ3n) is 5.34. The van der Waals surface area contributed by atoms with E-state index in [1.54, 1.807) is 6.07 Å². The lowest BCUT2D eigenvalue weighted by Crippen LogP contribution is -2.38. The largest absolute Gasteiger partial charge is 0.464 e. The quantitative estimate of drug-likeness (QED) is 0.718. The highest BCUT2D eigenvalue weighted by atomic mass is 16.3. The second-order valence-electron chi connectivity index (χ2n) is 7.20. The van der Waals surface area contributed by atoms with Gasteiger partial charge in [0.15, 0.2) is 5.43 Å². The lowest BCUT2D eigenvalue weighted by Gasteiger charge is -2.24. The van der Waals surface area contributed by atoms with Crippen molar-refractivity contribution in [2.75, 3.05) is 27.2 Å². The van der Waals surface area contributed by atoms with Gasteiger partial charge in [-0.2, -0.15) is 0 Å². The predicted molar refractivity (Wildman–Crippen MR) is 106 cm³/mol. The van der Waals surface area contributed by atoms with Crippen LogP contribution in [0.1, 0.15) is 16.8 Å². The van der Waals surface area contributed by atoms with Gasteiger partial charge < -0.3 is 14.2 Å². The first-order chi connectivity index (χ1) is 13.0. The Labute approximate surface area is 157 Å². The Bertz CT molecular complexity index is 1060. The summed E-state index contributed by atoms with van der Waals surface area (Å²) in [5.74, 6) is 0.0319. The van der Waals surface area contributed by atoms with E-state index in [0.717, 1.165) is 30.6 Å². The molecule has 27 heavy (non-hydrogen) atoms. The van der Waals surface area contributed by atoms with Crippen molar-refractivity contribution >= 4 is 16.9 Å². The molecule has 1 amide bonds. The number of hydrogen-bond acceptors (Lipinski definition) is 4. The van der Waals surface area contributed by atoms with Gasteiger partial charge in [0, 0.05) is 31.3 Å². The van der Waals surface area contributed by atoms with Crippen molar-refractivity contribution < 1.29 is 9.21 Å². The van der Waals surface area contributed by atoms with Crippen LogP contribution in [0, 0.1) is 0 Å². The second kappa shape index (κ2) is 7.00. The van der Waals surface area contributed by atoms with E-state index in [9.17, 15) is 9.59 Å². The molecule has 4 rings (SSSR count). The molecule has 2 aromatic carbocycles. The van der Waals surface area contributed by atoms with Crippen molar-refractivity contribution in [3.05, 3.63) is 70.6 Å². The first-order valence-corrected chi connectivity index (χ1v) is 9.10. The SMILES string of the molecule is CN1CCC(N(C)C(=O)c2cccc(-c3ccc4c(=O)ccoc4c3)c2)C1. The Hall–Kier alpha value is -2.92. The summed E-state index contributed by atoms with van der Waals surface area (Å²) >= 11 is 0. The number of amides is 1. The molecule has 0 spiro atoms. The number of carbonyl (C=O) groups excluding carboxylic acids is 1. The first-order valence-electron chi connectivity index (χ1n) is 9.10. The Kier molecular flexibility index (Phi) is 4.54. The van der Waals surface area contributed by atoms with E-state index in [0.29, 0.717) is 16.5 Å². The lowest BCUT2D eigenvalue weighted by molar-refractivity contribution is 0.0737. The summed E-state index contributed by atoms with van der Waals surface area (Å²) in [4.78, 5) is 28.9. The zero-order valence-electron chi connectivity index (χ0n) is 15.5. The molecular weight excluding hydrogens is 340 g/mol. The molecule has 5 heteroatoms. The topological polar surface area (TPSA) is 53.8 Å². The average molecular weight is 362 g/mol. The summed E-state index contributed by atoms with van der Waals surface area (Å²) < 4.78 is 5.47. The summed E-state index contributed by atoms with van der Waals surface area (Å²) in [6.07, 6.45) is 2.41. The highest BCUT2D eigenvalue weighted by Crippen LogP contribution is 2.25. The Morgan fingerprint density at radius 3 is 2.74 bits per heavy atom. The summed E-state index contributed by atoms with van der Waals surface area (Å²) in [6.45, 7) is 1.93. The van der Waals surface area contributed by atoms with Crippen molar-refractivity contribution in [1.82, 2.24) is 9.80 Å². The molecule has 0 radical (unpaired) electrons. The van der Waals surface area contributed by atoms with Crippen LogP contribution in [0.25, 0.3) is 22.1 Å². The standard InChI is InChI=1S/C22H22N2O3/c1-23-10-8-18(14-23)24(2)22(26)17-5-3-4-15(12-17)16-6-7-19-20(25)9-11-27-21(19)13-16/h3-7,9,11-13,18H,8,10,14H2,1-2H3. The van der Waals surface area contributed by atoms with Crippen molar-refractivity contribution in [2.45, 2.75) is 12.5 Å². The third-order valence-corrected chi connectivity index (χ3v) is 5.34. The molecule has 0 bridgehead atoms. The van der Waals surface area contributed by atoms with E-state index >= 15 is 0 Å². The highest BCUT2D eigenvalue weighted by molar-refractivity contribution is 5.96. The molecular formula is C22H22N2O3. The van der Waals surface area contributed by atoms with Crippen LogP contribution in [-0.2, 0) is 0 Å². The molecule has 1 aliphatic rings. The van der Waals surface area contributed by atoms with Crippen molar-refractivity contribution in [1.29, 1.82) is 0 Å². The van der Waals surface area contributed by atoms with Gasteiger partial charge in [0.25, 0.3) is 5.91 Å². The molecule has 1 fully saturated rings. The lowest BCUT2D eigenvalue weighted by atomic mass is 10.0. The minimum Gasteiger partial charge on any atom is -0.464 e. The van der Waals surface area contributed by atoms with Crippen LogP contribution in [0.15, 0.2) is 64.0 Å². The maximum absolute atomic E-state index is 12.9. The number of likely N-dealkylation sites (tertiary alicyclic amines) is 1. The summed E-state index contributed by atoms with van der Waals surface area (Å²) in [6, 6.07) is 14.8. The van der Waals surface area contributed by atoms with E-state index in [4.69, 9.17) is 4.42 Å². The van der Waals surface area contributed by atoms with E-state index in [-0.39, 0.29) is 17.4 Å². The molecule has 1 aromatic heterocycles. The number of hydrogen-bond donors (Lipinski definition) is 0. The predicted octanol–water partition coefficient (Wildman–Crippen LogP) is 3.24. The molecule has 0 N–H and O–H groups in total. The maximum Gasteiger partial charge on any atom is 0.253 e. The third kappa shape index (κ3) is 3.38. The van der Waals surface area contributed by atoms with Crippen LogP contribution >= 0.6 is 0 Å². The van der Waals surface area contributed by atoms with Gasteiger partial charge in [0.05, 0.1) is 11.6 Å². The van der Waals surface area contributed by atoms with Gasteiger partial charge in [-0.05, 0) is 55.4 Å². The van der Waals surface area contributed by atoms with Crippen molar-refractivity contribution in [2.24, 2.45) is 0 Å². The molecule has 1 saturated heterocycles. The number of rotatable bonds is 3. The average Bonchev–Trinajstić information content (AvgIpc) is 3.13.